The lowest BCUT2D eigenvalue weighted by Crippen LogP contribution is -2.18. The molecule has 1 N–H and O–H groups in total. The highest BCUT2D eigenvalue weighted by Gasteiger charge is 2.35. The zero-order valence-corrected chi connectivity index (χ0v) is 11.6. The van der Waals surface area contributed by atoms with Gasteiger partial charge in [0.25, 0.3) is 0 Å². The Balaban J connectivity index is 1.62. The van der Waals surface area contributed by atoms with Gasteiger partial charge in [0.15, 0.2) is 0 Å². The van der Waals surface area contributed by atoms with Crippen LogP contribution in [0.3, 0.4) is 0 Å². The zero-order valence-electron chi connectivity index (χ0n) is 9.99. The third-order valence-corrected chi connectivity index (χ3v) is 4.46. The van der Waals surface area contributed by atoms with E-state index < -0.39 is 0 Å². The molecular formula is C14H17BrN2. The van der Waals surface area contributed by atoms with Crippen molar-refractivity contribution in [3.63, 3.8) is 0 Å². The molecule has 0 saturated heterocycles. The van der Waals surface area contributed by atoms with Crippen molar-refractivity contribution in [3.05, 3.63) is 34.6 Å². The van der Waals surface area contributed by atoms with Gasteiger partial charge in [0.05, 0.1) is 11.4 Å². The number of hydrogen-bond donors (Lipinski definition) is 1. The average molecular weight is 293 g/mol. The Morgan fingerprint density at radius 2 is 2.24 bits per heavy atom. The smallest absolute Gasteiger partial charge is 0.106 e. The van der Waals surface area contributed by atoms with Gasteiger partial charge in [-0.25, -0.2) is 4.98 Å². The first-order chi connectivity index (χ1) is 8.22. The minimum atomic E-state index is 0.813. The molecule has 90 valence electrons. The van der Waals surface area contributed by atoms with Crippen molar-refractivity contribution < 1.29 is 0 Å². The minimum Gasteiger partial charge on any atom is -0.383 e. The molecule has 3 rings (SSSR count). The Kier molecular flexibility index (Phi) is 2.95. The van der Waals surface area contributed by atoms with Gasteiger partial charge in [-0.3, -0.25) is 0 Å². The second-order valence-corrected chi connectivity index (χ2v) is 6.00. The van der Waals surface area contributed by atoms with Crippen molar-refractivity contribution in [1.82, 2.24) is 4.98 Å². The number of anilines is 1. The first-order valence-corrected chi connectivity index (χ1v) is 7.07. The third kappa shape index (κ3) is 2.25. The summed E-state index contributed by atoms with van der Waals surface area (Å²) in [4.78, 5) is 4.41. The number of pyridine rings is 1. The molecule has 1 saturated carbocycles. The second-order valence-electron chi connectivity index (χ2n) is 5.19. The highest BCUT2D eigenvalue weighted by atomic mass is 79.9. The monoisotopic (exact) mass is 292 g/mol. The lowest BCUT2D eigenvalue weighted by Gasteiger charge is -2.19. The molecular weight excluding hydrogens is 276 g/mol. The third-order valence-electron chi connectivity index (χ3n) is 4.02. The number of nitrogens with zero attached hydrogens (tertiary/aromatic N) is 1. The van der Waals surface area contributed by atoms with Crippen molar-refractivity contribution >= 4 is 21.6 Å². The maximum absolute atomic E-state index is 4.41. The Bertz CT molecular complexity index is 456. The molecule has 1 heterocycles. The molecule has 0 radical (unpaired) electrons. The van der Waals surface area contributed by atoms with Crippen molar-refractivity contribution in [2.45, 2.75) is 19.8 Å². The minimum absolute atomic E-state index is 0.813. The number of fused-ring (bicyclic) bond motifs is 2. The molecule has 2 nitrogen and oxygen atoms in total. The molecule has 1 fully saturated rings. The second kappa shape index (κ2) is 4.45. The first kappa shape index (κ1) is 11.3. The largest absolute Gasteiger partial charge is 0.383 e. The van der Waals surface area contributed by atoms with E-state index in [-0.39, 0.29) is 0 Å². The molecule has 17 heavy (non-hydrogen) atoms. The molecule has 0 spiro atoms. The van der Waals surface area contributed by atoms with Crippen LogP contribution in [0.2, 0.25) is 0 Å². The topological polar surface area (TPSA) is 24.9 Å². The van der Waals surface area contributed by atoms with Crippen LogP contribution in [0.1, 0.15) is 18.5 Å². The van der Waals surface area contributed by atoms with Crippen molar-refractivity contribution in [2.75, 3.05) is 11.9 Å². The number of rotatable bonds is 3. The van der Waals surface area contributed by atoms with Crippen LogP contribution in [0, 0.1) is 24.7 Å². The highest BCUT2D eigenvalue weighted by Crippen LogP contribution is 2.43. The average Bonchev–Trinajstić information content (AvgIpc) is 2.89. The van der Waals surface area contributed by atoms with Crippen LogP contribution in [0.15, 0.2) is 28.9 Å². The van der Waals surface area contributed by atoms with Crippen molar-refractivity contribution in [1.29, 1.82) is 0 Å². The molecule has 0 amide bonds. The van der Waals surface area contributed by atoms with Gasteiger partial charge in [-0.2, -0.15) is 0 Å². The van der Waals surface area contributed by atoms with Gasteiger partial charge in [-0.15, -0.1) is 0 Å². The van der Waals surface area contributed by atoms with Crippen LogP contribution in [-0.2, 0) is 0 Å². The van der Waals surface area contributed by atoms with Gasteiger partial charge in [0.2, 0.25) is 0 Å². The SMILES string of the molecule is Cc1nc(Br)ccc1NCC1CC2C=CC1C2. The van der Waals surface area contributed by atoms with Crippen LogP contribution < -0.4 is 5.32 Å². The van der Waals surface area contributed by atoms with E-state index in [1.165, 1.54) is 18.5 Å². The Morgan fingerprint density at radius 1 is 1.35 bits per heavy atom. The van der Waals surface area contributed by atoms with E-state index in [4.69, 9.17) is 0 Å². The molecule has 0 aromatic carbocycles. The van der Waals surface area contributed by atoms with E-state index >= 15 is 0 Å². The molecule has 1 aromatic rings. The standard InChI is InChI=1S/C14H17BrN2/c1-9-13(4-5-14(15)17-9)16-8-12-7-10-2-3-11(12)6-10/h2-5,10-12,16H,6-8H2,1H3. The van der Waals surface area contributed by atoms with Crippen LogP contribution in [0.5, 0.6) is 0 Å². The first-order valence-electron chi connectivity index (χ1n) is 6.28. The van der Waals surface area contributed by atoms with Gasteiger partial charge in [-0.1, -0.05) is 12.2 Å². The van der Waals surface area contributed by atoms with E-state index in [2.05, 4.69) is 44.4 Å². The summed E-state index contributed by atoms with van der Waals surface area (Å²) in [6.07, 6.45) is 7.54. The van der Waals surface area contributed by atoms with Gasteiger partial charge in [-0.05, 0) is 65.6 Å². The normalized spacial score (nSPS) is 29.9. The lowest BCUT2D eigenvalue weighted by molar-refractivity contribution is 0.472. The van der Waals surface area contributed by atoms with Crippen molar-refractivity contribution in [2.24, 2.45) is 17.8 Å². The molecule has 3 unspecified atom stereocenters. The molecule has 2 aliphatic carbocycles. The Labute approximate surface area is 111 Å². The van der Waals surface area contributed by atoms with Crippen LogP contribution >= 0.6 is 15.9 Å². The summed E-state index contributed by atoms with van der Waals surface area (Å²) < 4.78 is 0.906. The zero-order chi connectivity index (χ0) is 11.8. The van der Waals surface area contributed by atoms with E-state index in [1.54, 1.807) is 0 Å². The highest BCUT2D eigenvalue weighted by molar-refractivity contribution is 9.10. The number of aromatic nitrogens is 1. The quantitative estimate of drug-likeness (QED) is 0.677. The van der Waals surface area contributed by atoms with Gasteiger partial charge in [0, 0.05) is 6.54 Å². The summed E-state index contributed by atoms with van der Waals surface area (Å²) in [5.74, 6) is 2.49. The lowest BCUT2D eigenvalue weighted by atomic mass is 9.93. The van der Waals surface area contributed by atoms with E-state index in [1.807, 2.05) is 13.0 Å². The van der Waals surface area contributed by atoms with Crippen LogP contribution in [0.25, 0.3) is 0 Å². The summed E-state index contributed by atoms with van der Waals surface area (Å²) in [5.41, 5.74) is 2.23. The Hall–Kier alpha value is -0.830. The van der Waals surface area contributed by atoms with Crippen LogP contribution in [-0.4, -0.2) is 11.5 Å². The Morgan fingerprint density at radius 3 is 2.88 bits per heavy atom. The van der Waals surface area contributed by atoms with Crippen molar-refractivity contribution in [3.8, 4) is 0 Å². The van der Waals surface area contributed by atoms with Gasteiger partial charge < -0.3 is 5.32 Å². The predicted molar refractivity (Wildman–Crippen MR) is 74.0 cm³/mol. The predicted octanol–water partition coefficient (Wildman–Crippen LogP) is 3.78. The number of allylic oxidation sites excluding steroid dienone is 2. The molecule has 3 heteroatoms. The molecule has 2 aliphatic rings. The summed E-state index contributed by atoms with van der Waals surface area (Å²) in [7, 11) is 0. The maximum atomic E-state index is 4.41. The molecule has 1 aromatic heterocycles. The van der Waals surface area contributed by atoms with E-state index in [9.17, 15) is 0 Å². The number of hydrogen-bond acceptors (Lipinski definition) is 2. The van der Waals surface area contributed by atoms with E-state index in [0.717, 1.165) is 34.6 Å². The maximum Gasteiger partial charge on any atom is 0.106 e. The van der Waals surface area contributed by atoms with E-state index in [0.29, 0.717) is 0 Å². The number of halogens is 1. The fourth-order valence-electron chi connectivity index (χ4n) is 3.09. The summed E-state index contributed by atoms with van der Waals surface area (Å²) >= 11 is 3.39. The van der Waals surface area contributed by atoms with Gasteiger partial charge >= 0.3 is 0 Å². The van der Waals surface area contributed by atoms with Gasteiger partial charge in [0.1, 0.15) is 4.60 Å². The molecule has 2 bridgehead atoms. The number of nitrogens with one attached hydrogen (secondary N) is 1. The van der Waals surface area contributed by atoms with Crippen LogP contribution in [0.4, 0.5) is 5.69 Å². The molecule has 0 aliphatic heterocycles. The summed E-state index contributed by atoms with van der Waals surface area (Å²) in [5, 5.41) is 3.55. The molecule has 3 atom stereocenters. The number of aryl methyl sites for hydroxylation is 1. The summed E-state index contributed by atoms with van der Waals surface area (Å²) in [6.45, 7) is 3.13. The fourth-order valence-corrected chi connectivity index (χ4v) is 3.49. The fraction of sp³-hybridized carbons (Fsp3) is 0.500. The summed E-state index contributed by atoms with van der Waals surface area (Å²) in [6, 6.07) is 4.10.